The van der Waals surface area contributed by atoms with Gasteiger partial charge in [-0.25, -0.2) is 4.98 Å². The Balaban J connectivity index is 2.76. The predicted molar refractivity (Wildman–Crippen MR) is 78.7 cm³/mol. The molecule has 0 aliphatic carbocycles. The number of rotatable bonds is 5. The molecule has 0 unspecified atom stereocenters. The standard InChI is InChI=1S/C12H9N5O6/c1-14(11-4-2-3-5-13-11)12-9(16(20)21)6-8(15(18)19)7-10(12)17(22)23/h2-7H,1H3. The lowest BCUT2D eigenvalue weighted by Gasteiger charge is -2.17. The van der Waals surface area contributed by atoms with Crippen LogP contribution in [-0.4, -0.2) is 26.8 Å². The van der Waals surface area contributed by atoms with E-state index in [0.717, 1.165) is 4.90 Å². The van der Waals surface area contributed by atoms with Crippen LogP contribution in [0.4, 0.5) is 28.6 Å². The summed E-state index contributed by atoms with van der Waals surface area (Å²) in [6.45, 7) is 0. The maximum atomic E-state index is 11.2. The summed E-state index contributed by atoms with van der Waals surface area (Å²) < 4.78 is 0. The van der Waals surface area contributed by atoms with E-state index in [4.69, 9.17) is 0 Å². The highest BCUT2D eigenvalue weighted by Crippen LogP contribution is 2.42. The van der Waals surface area contributed by atoms with E-state index in [1.807, 2.05) is 0 Å². The lowest BCUT2D eigenvalue weighted by atomic mass is 10.2. The molecule has 0 spiro atoms. The molecule has 0 aliphatic heterocycles. The van der Waals surface area contributed by atoms with Crippen molar-refractivity contribution in [3.05, 3.63) is 66.9 Å². The van der Waals surface area contributed by atoms with Crippen LogP contribution in [0, 0.1) is 30.3 Å². The van der Waals surface area contributed by atoms with E-state index in [0.29, 0.717) is 12.1 Å². The Morgan fingerprint density at radius 1 is 0.957 bits per heavy atom. The van der Waals surface area contributed by atoms with Gasteiger partial charge in [0.25, 0.3) is 5.69 Å². The van der Waals surface area contributed by atoms with Gasteiger partial charge in [0, 0.05) is 13.2 Å². The van der Waals surface area contributed by atoms with Crippen molar-refractivity contribution < 1.29 is 14.8 Å². The summed E-state index contributed by atoms with van der Waals surface area (Å²) in [6, 6.07) is 6.07. The minimum atomic E-state index is -0.926. The summed E-state index contributed by atoms with van der Waals surface area (Å²) >= 11 is 0. The van der Waals surface area contributed by atoms with Gasteiger partial charge in [0.2, 0.25) is 5.69 Å². The van der Waals surface area contributed by atoms with Gasteiger partial charge in [-0.15, -0.1) is 0 Å². The smallest absolute Gasteiger partial charge is 0.306 e. The zero-order chi connectivity index (χ0) is 17.1. The van der Waals surface area contributed by atoms with Crippen molar-refractivity contribution in [2.24, 2.45) is 0 Å². The second-order valence-corrected chi connectivity index (χ2v) is 4.35. The first-order valence-corrected chi connectivity index (χ1v) is 6.09. The van der Waals surface area contributed by atoms with E-state index < -0.39 is 31.8 Å². The first kappa shape index (κ1) is 15.8. The van der Waals surface area contributed by atoms with E-state index in [9.17, 15) is 30.3 Å². The molecular formula is C12H9N5O6. The van der Waals surface area contributed by atoms with Crippen LogP contribution < -0.4 is 4.90 Å². The summed E-state index contributed by atoms with van der Waals surface area (Å²) in [5.41, 5.74) is -2.62. The Morgan fingerprint density at radius 3 is 1.91 bits per heavy atom. The number of nitrogens with zero attached hydrogens (tertiary/aromatic N) is 5. The second kappa shape index (κ2) is 6.01. The fourth-order valence-corrected chi connectivity index (χ4v) is 1.98. The molecule has 0 radical (unpaired) electrons. The highest BCUT2D eigenvalue weighted by atomic mass is 16.6. The van der Waals surface area contributed by atoms with Gasteiger partial charge in [0.15, 0.2) is 0 Å². The summed E-state index contributed by atoms with van der Waals surface area (Å²) in [5, 5.41) is 33.3. The molecule has 0 saturated heterocycles. The zero-order valence-corrected chi connectivity index (χ0v) is 11.6. The topological polar surface area (TPSA) is 146 Å². The largest absolute Gasteiger partial charge is 0.318 e. The number of pyridine rings is 1. The van der Waals surface area contributed by atoms with Crippen molar-refractivity contribution >= 4 is 28.6 Å². The predicted octanol–water partition coefficient (Wildman–Crippen LogP) is 2.57. The lowest BCUT2D eigenvalue weighted by molar-refractivity contribution is -0.402. The number of anilines is 2. The van der Waals surface area contributed by atoms with E-state index in [1.165, 1.54) is 19.3 Å². The number of benzene rings is 1. The molecule has 1 aromatic heterocycles. The number of aromatic nitrogens is 1. The van der Waals surface area contributed by atoms with Crippen LogP contribution in [0.5, 0.6) is 0 Å². The van der Waals surface area contributed by atoms with Crippen molar-refractivity contribution in [3.63, 3.8) is 0 Å². The maximum Gasteiger partial charge on any atom is 0.306 e. The fraction of sp³-hybridized carbons (Fsp3) is 0.0833. The van der Waals surface area contributed by atoms with Gasteiger partial charge in [-0.1, -0.05) is 6.07 Å². The summed E-state index contributed by atoms with van der Waals surface area (Å²) in [4.78, 5) is 35.6. The molecule has 2 aromatic rings. The van der Waals surface area contributed by atoms with Crippen LogP contribution in [0.25, 0.3) is 0 Å². The molecule has 0 aliphatic rings. The van der Waals surface area contributed by atoms with Gasteiger partial charge in [-0.2, -0.15) is 0 Å². The quantitative estimate of drug-likeness (QED) is 0.603. The molecule has 23 heavy (non-hydrogen) atoms. The average Bonchev–Trinajstić information content (AvgIpc) is 2.53. The third kappa shape index (κ3) is 3.02. The van der Waals surface area contributed by atoms with Gasteiger partial charge in [-0.05, 0) is 12.1 Å². The molecular weight excluding hydrogens is 310 g/mol. The molecule has 1 heterocycles. The molecule has 118 valence electrons. The average molecular weight is 319 g/mol. The minimum Gasteiger partial charge on any atom is -0.318 e. The highest BCUT2D eigenvalue weighted by molar-refractivity contribution is 5.81. The number of hydrogen-bond acceptors (Lipinski definition) is 8. The number of nitro groups is 3. The molecule has 11 nitrogen and oxygen atoms in total. The maximum absolute atomic E-state index is 11.2. The van der Waals surface area contributed by atoms with Crippen molar-refractivity contribution in [3.8, 4) is 0 Å². The normalized spacial score (nSPS) is 10.1. The molecule has 0 atom stereocenters. The second-order valence-electron chi connectivity index (χ2n) is 4.35. The Hall–Kier alpha value is -3.63. The van der Waals surface area contributed by atoms with Crippen LogP contribution in [0.2, 0.25) is 0 Å². The summed E-state index contributed by atoms with van der Waals surface area (Å²) in [7, 11) is 1.35. The van der Waals surface area contributed by atoms with Gasteiger partial charge in [0.05, 0.1) is 26.9 Å². The van der Waals surface area contributed by atoms with E-state index >= 15 is 0 Å². The first-order valence-electron chi connectivity index (χ1n) is 6.09. The Kier molecular flexibility index (Phi) is 4.12. The zero-order valence-electron chi connectivity index (χ0n) is 11.6. The Labute approximate surface area is 128 Å². The van der Waals surface area contributed by atoms with Crippen molar-refractivity contribution in [2.75, 3.05) is 11.9 Å². The monoisotopic (exact) mass is 319 g/mol. The molecule has 0 fully saturated rings. The van der Waals surface area contributed by atoms with Crippen LogP contribution in [-0.2, 0) is 0 Å². The van der Waals surface area contributed by atoms with Crippen LogP contribution in [0.1, 0.15) is 0 Å². The number of non-ortho nitro benzene ring substituents is 1. The first-order chi connectivity index (χ1) is 10.8. The molecule has 2 rings (SSSR count). The van der Waals surface area contributed by atoms with E-state index in [-0.39, 0.29) is 11.5 Å². The minimum absolute atomic E-state index is 0.215. The SMILES string of the molecule is CN(c1ccccn1)c1c([N+](=O)[O-])cc([N+](=O)[O-])cc1[N+](=O)[O-]. The number of nitro benzene ring substituents is 3. The van der Waals surface area contributed by atoms with Crippen LogP contribution in [0.3, 0.4) is 0 Å². The van der Waals surface area contributed by atoms with Crippen LogP contribution >= 0.6 is 0 Å². The summed E-state index contributed by atoms with van der Waals surface area (Å²) in [6.07, 6.45) is 1.41. The Bertz CT molecular complexity index is 759. The van der Waals surface area contributed by atoms with Crippen molar-refractivity contribution in [1.29, 1.82) is 0 Å². The lowest BCUT2D eigenvalue weighted by Crippen LogP contribution is -2.15. The number of hydrogen-bond donors (Lipinski definition) is 0. The molecule has 1 aromatic carbocycles. The van der Waals surface area contributed by atoms with E-state index in [1.54, 1.807) is 12.1 Å². The Morgan fingerprint density at radius 2 is 1.52 bits per heavy atom. The van der Waals surface area contributed by atoms with Gasteiger partial charge in [0.1, 0.15) is 5.82 Å². The third-order valence-electron chi connectivity index (χ3n) is 2.99. The molecule has 0 bridgehead atoms. The molecule has 0 N–H and O–H groups in total. The third-order valence-corrected chi connectivity index (χ3v) is 2.99. The molecule has 0 saturated carbocycles. The van der Waals surface area contributed by atoms with E-state index in [2.05, 4.69) is 4.98 Å². The van der Waals surface area contributed by atoms with Gasteiger partial charge < -0.3 is 4.90 Å². The van der Waals surface area contributed by atoms with Gasteiger partial charge >= 0.3 is 11.4 Å². The summed E-state index contributed by atoms with van der Waals surface area (Å²) in [5.74, 6) is 0.215. The van der Waals surface area contributed by atoms with Crippen LogP contribution in [0.15, 0.2) is 36.5 Å². The molecule has 0 amide bonds. The highest BCUT2D eigenvalue weighted by Gasteiger charge is 2.33. The molecule has 11 heteroatoms. The fourth-order valence-electron chi connectivity index (χ4n) is 1.98. The van der Waals surface area contributed by atoms with Crippen molar-refractivity contribution in [2.45, 2.75) is 0 Å². The van der Waals surface area contributed by atoms with Gasteiger partial charge in [-0.3, -0.25) is 30.3 Å². The van der Waals surface area contributed by atoms with Crippen molar-refractivity contribution in [1.82, 2.24) is 4.98 Å².